The predicted molar refractivity (Wildman–Crippen MR) is 73.2 cm³/mol. The quantitative estimate of drug-likeness (QED) is 0.917. The van der Waals surface area contributed by atoms with Gasteiger partial charge in [-0.2, -0.15) is 11.3 Å². The highest BCUT2D eigenvalue weighted by molar-refractivity contribution is 7.08. The van der Waals surface area contributed by atoms with E-state index < -0.39 is 0 Å². The van der Waals surface area contributed by atoms with Gasteiger partial charge >= 0.3 is 0 Å². The molecule has 0 aliphatic rings. The first kappa shape index (κ1) is 12.6. The topological polar surface area (TPSA) is 38.3 Å². The third-order valence-electron chi connectivity index (χ3n) is 2.74. The molecule has 0 saturated heterocycles. The molecule has 0 aliphatic heterocycles. The van der Waals surface area contributed by atoms with Crippen LogP contribution in [-0.2, 0) is 0 Å². The van der Waals surface area contributed by atoms with Crippen molar-refractivity contribution in [2.24, 2.45) is 0 Å². The summed E-state index contributed by atoms with van der Waals surface area (Å²) >= 11 is 1.51. The lowest BCUT2D eigenvalue weighted by Gasteiger charge is -2.16. The fourth-order valence-electron chi connectivity index (χ4n) is 1.78. The molecule has 0 spiro atoms. The molecule has 0 unspecified atom stereocenters. The van der Waals surface area contributed by atoms with Crippen LogP contribution in [0.15, 0.2) is 41.1 Å². The first-order chi connectivity index (χ1) is 8.72. The number of amides is 1. The number of thiophene rings is 1. The van der Waals surface area contributed by atoms with Crippen LogP contribution in [0.5, 0.6) is 5.75 Å². The van der Waals surface area contributed by atoms with Crippen LogP contribution in [0.3, 0.4) is 0 Å². The summed E-state index contributed by atoms with van der Waals surface area (Å²) in [5, 5.41) is 6.69. The fourth-order valence-corrected chi connectivity index (χ4v) is 2.41. The molecule has 2 aromatic rings. The normalized spacial score (nSPS) is 11.9. The Morgan fingerprint density at radius 1 is 1.33 bits per heavy atom. The molecule has 2 rings (SSSR count). The van der Waals surface area contributed by atoms with E-state index in [2.05, 4.69) is 5.32 Å². The van der Waals surface area contributed by atoms with Crippen LogP contribution in [0, 0.1) is 0 Å². The fraction of sp³-hybridized carbons (Fsp3) is 0.214. The summed E-state index contributed by atoms with van der Waals surface area (Å²) in [7, 11) is 1.63. The van der Waals surface area contributed by atoms with E-state index in [1.54, 1.807) is 7.11 Å². The Kier molecular flexibility index (Phi) is 3.99. The van der Waals surface area contributed by atoms with E-state index in [0.717, 1.165) is 11.3 Å². The Morgan fingerprint density at radius 2 is 2.11 bits per heavy atom. The van der Waals surface area contributed by atoms with E-state index in [0.29, 0.717) is 5.56 Å². The average molecular weight is 261 g/mol. The summed E-state index contributed by atoms with van der Waals surface area (Å²) in [6, 6.07) is 9.42. The molecule has 3 nitrogen and oxygen atoms in total. The van der Waals surface area contributed by atoms with Gasteiger partial charge in [0.15, 0.2) is 0 Å². The van der Waals surface area contributed by atoms with Crippen molar-refractivity contribution in [1.82, 2.24) is 5.32 Å². The molecule has 0 fully saturated rings. The molecule has 1 aromatic carbocycles. The van der Waals surface area contributed by atoms with E-state index in [4.69, 9.17) is 4.74 Å². The highest BCUT2D eigenvalue weighted by atomic mass is 32.1. The zero-order valence-corrected chi connectivity index (χ0v) is 11.2. The molecule has 0 bridgehead atoms. The number of carbonyl (C=O) groups is 1. The van der Waals surface area contributed by atoms with Crippen LogP contribution in [0.2, 0.25) is 0 Å². The summed E-state index contributed by atoms with van der Waals surface area (Å²) in [6.45, 7) is 1.95. The van der Waals surface area contributed by atoms with Gasteiger partial charge in [-0.25, -0.2) is 0 Å². The summed E-state index contributed by atoms with van der Waals surface area (Å²) in [6.07, 6.45) is 0. The highest BCUT2D eigenvalue weighted by Gasteiger charge is 2.14. The van der Waals surface area contributed by atoms with Gasteiger partial charge in [-0.05, 0) is 24.4 Å². The van der Waals surface area contributed by atoms with Gasteiger partial charge in [0, 0.05) is 10.9 Å². The summed E-state index contributed by atoms with van der Waals surface area (Å²) in [4.78, 5) is 11.9. The third kappa shape index (κ3) is 2.71. The molecule has 0 saturated carbocycles. The van der Waals surface area contributed by atoms with Crippen LogP contribution < -0.4 is 10.1 Å². The van der Waals surface area contributed by atoms with Gasteiger partial charge in [0.05, 0.1) is 18.7 Å². The van der Waals surface area contributed by atoms with Crippen molar-refractivity contribution in [3.05, 3.63) is 52.2 Å². The van der Waals surface area contributed by atoms with E-state index in [9.17, 15) is 4.79 Å². The minimum Gasteiger partial charge on any atom is -0.496 e. The lowest BCUT2D eigenvalue weighted by Crippen LogP contribution is -2.26. The Labute approximate surface area is 110 Å². The molecular formula is C14H15NO2S. The monoisotopic (exact) mass is 261 g/mol. The number of benzene rings is 1. The lowest BCUT2D eigenvalue weighted by molar-refractivity contribution is 0.0940. The van der Waals surface area contributed by atoms with Gasteiger partial charge < -0.3 is 10.1 Å². The molecule has 94 valence electrons. The largest absolute Gasteiger partial charge is 0.496 e. The standard InChI is InChI=1S/C14H15NO2S/c1-10(12-5-3-4-6-13(12)17-2)15-14(16)11-7-8-18-9-11/h3-10H,1-2H3,(H,15,16)/t10-/m1/s1. The van der Waals surface area contributed by atoms with Gasteiger partial charge in [0.1, 0.15) is 5.75 Å². The number of carbonyl (C=O) groups excluding carboxylic acids is 1. The van der Waals surface area contributed by atoms with Crippen molar-refractivity contribution in [3.63, 3.8) is 0 Å². The molecule has 4 heteroatoms. The van der Waals surface area contributed by atoms with Crippen LogP contribution in [-0.4, -0.2) is 13.0 Å². The second kappa shape index (κ2) is 5.69. The van der Waals surface area contributed by atoms with E-state index >= 15 is 0 Å². The van der Waals surface area contributed by atoms with E-state index in [-0.39, 0.29) is 11.9 Å². The SMILES string of the molecule is COc1ccccc1[C@@H](C)NC(=O)c1ccsc1. The summed E-state index contributed by atoms with van der Waals surface area (Å²) < 4.78 is 5.29. The van der Waals surface area contributed by atoms with Gasteiger partial charge in [0.25, 0.3) is 5.91 Å². The number of rotatable bonds is 4. The molecule has 0 aliphatic carbocycles. The minimum atomic E-state index is -0.0893. The third-order valence-corrected chi connectivity index (χ3v) is 3.42. The number of para-hydroxylation sites is 1. The van der Waals surface area contributed by atoms with Crippen LogP contribution in [0.4, 0.5) is 0 Å². The van der Waals surface area contributed by atoms with Gasteiger partial charge in [0.2, 0.25) is 0 Å². The van der Waals surface area contributed by atoms with Crippen LogP contribution in [0.1, 0.15) is 28.9 Å². The van der Waals surface area contributed by atoms with Crippen molar-refractivity contribution >= 4 is 17.2 Å². The van der Waals surface area contributed by atoms with E-state index in [1.165, 1.54) is 11.3 Å². The number of ether oxygens (including phenoxy) is 1. The molecular weight excluding hydrogens is 246 g/mol. The first-order valence-electron chi connectivity index (χ1n) is 5.68. The highest BCUT2D eigenvalue weighted by Crippen LogP contribution is 2.24. The van der Waals surface area contributed by atoms with E-state index in [1.807, 2.05) is 48.0 Å². The molecule has 1 N–H and O–H groups in total. The first-order valence-corrected chi connectivity index (χ1v) is 6.62. The maximum absolute atomic E-state index is 11.9. The number of nitrogens with one attached hydrogen (secondary N) is 1. The minimum absolute atomic E-state index is 0.0605. The summed E-state index contributed by atoms with van der Waals surface area (Å²) in [5.41, 5.74) is 1.67. The van der Waals surface area contributed by atoms with Crippen molar-refractivity contribution in [2.75, 3.05) is 7.11 Å². The smallest absolute Gasteiger partial charge is 0.252 e. The molecule has 0 radical (unpaired) electrons. The number of hydrogen-bond donors (Lipinski definition) is 1. The van der Waals surface area contributed by atoms with Gasteiger partial charge in [-0.3, -0.25) is 4.79 Å². The zero-order valence-electron chi connectivity index (χ0n) is 10.3. The zero-order chi connectivity index (χ0) is 13.0. The molecule has 18 heavy (non-hydrogen) atoms. The lowest BCUT2D eigenvalue weighted by atomic mass is 10.1. The molecule has 1 aromatic heterocycles. The maximum Gasteiger partial charge on any atom is 0.252 e. The van der Waals surface area contributed by atoms with Crippen LogP contribution in [0.25, 0.3) is 0 Å². The second-order valence-electron chi connectivity index (χ2n) is 3.95. The Morgan fingerprint density at radius 3 is 2.78 bits per heavy atom. The Bertz CT molecular complexity index is 522. The van der Waals surface area contributed by atoms with Gasteiger partial charge in [-0.1, -0.05) is 18.2 Å². The van der Waals surface area contributed by atoms with Crippen molar-refractivity contribution in [3.8, 4) is 5.75 Å². The number of methoxy groups -OCH3 is 1. The van der Waals surface area contributed by atoms with Crippen molar-refractivity contribution in [1.29, 1.82) is 0 Å². The molecule has 1 heterocycles. The van der Waals surface area contributed by atoms with Crippen molar-refractivity contribution in [2.45, 2.75) is 13.0 Å². The van der Waals surface area contributed by atoms with Crippen LogP contribution >= 0.6 is 11.3 Å². The van der Waals surface area contributed by atoms with Crippen molar-refractivity contribution < 1.29 is 9.53 Å². The molecule has 1 atom stereocenters. The number of hydrogen-bond acceptors (Lipinski definition) is 3. The average Bonchev–Trinajstić information content (AvgIpc) is 2.92. The summed E-state index contributed by atoms with van der Waals surface area (Å²) in [5.74, 6) is 0.727. The Balaban J connectivity index is 2.12. The predicted octanol–water partition coefficient (Wildman–Crippen LogP) is 3.25. The van der Waals surface area contributed by atoms with Gasteiger partial charge in [-0.15, -0.1) is 0 Å². The molecule has 1 amide bonds. The Hall–Kier alpha value is -1.81. The maximum atomic E-state index is 11.9. The second-order valence-corrected chi connectivity index (χ2v) is 4.73.